The second-order valence-corrected chi connectivity index (χ2v) is 5.56. The van der Waals surface area contributed by atoms with E-state index in [1.54, 1.807) is 6.07 Å². The Morgan fingerprint density at radius 2 is 2.00 bits per heavy atom. The average Bonchev–Trinajstić information content (AvgIpc) is 2.78. The molecular formula is C16H16N3NaO2. The van der Waals surface area contributed by atoms with Crippen molar-refractivity contribution in [1.82, 2.24) is 4.57 Å². The summed E-state index contributed by atoms with van der Waals surface area (Å²) >= 11 is 0. The molecule has 0 aliphatic carbocycles. The van der Waals surface area contributed by atoms with E-state index >= 15 is 0 Å². The van der Waals surface area contributed by atoms with E-state index in [9.17, 15) is 4.79 Å². The van der Waals surface area contributed by atoms with Crippen LogP contribution in [0.5, 0.6) is 0 Å². The van der Waals surface area contributed by atoms with Gasteiger partial charge in [0, 0.05) is 18.3 Å². The molecule has 1 aromatic heterocycles. The van der Waals surface area contributed by atoms with E-state index in [1.807, 2.05) is 49.7 Å². The summed E-state index contributed by atoms with van der Waals surface area (Å²) in [7, 11) is 1.86. The molecule has 0 fully saturated rings. The first-order valence-electron chi connectivity index (χ1n) is 6.63. The van der Waals surface area contributed by atoms with Gasteiger partial charge in [0.15, 0.2) is 0 Å². The van der Waals surface area contributed by atoms with Crippen molar-refractivity contribution >= 4 is 41.3 Å². The summed E-state index contributed by atoms with van der Waals surface area (Å²) in [6.45, 7) is 3.72. The van der Waals surface area contributed by atoms with Gasteiger partial charge in [-0.25, -0.2) is 4.79 Å². The number of carbonyl (C=O) groups excluding carboxylic acids is 1. The summed E-state index contributed by atoms with van der Waals surface area (Å²) in [5.74, 6) is 0. The van der Waals surface area contributed by atoms with Crippen LogP contribution >= 0.6 is 0 Å². The number of ether oxygens (including phenoxy) is 1. The molecule has 0 radical (unpaired) electrons. The number of nitrogens with one attached hydrogen (secondary N) is 1. The minimum atomic E-state index is -0.684. The van der Waals surface area contributed by atoms with Crippen LogP contribution in [0.3, 0.4) is 0 Å². The third-order valence-electron chi connectivity index (χ3n) is 3.78. The molecule has 0 saturated carbocycles. The van der Waals surface area contributed by atoms with Gasteiger partial charge in [-0.2, -0.15) is 5.26 Å². The summed E-state index contributed by atoms with van der Waals surface area (Å²) < 4.78 is 7.18. The van der Waals surface area contributed by atoms with Crippen molar-refractivity contribution in [1.29, 1.82) is 5.26 Å². The number of nitriles is 1. The van der Waals surface area contributed by atoms with Crippen LogP contribution in [0.4, 0.5) is 10.5 Å². The Labute approximate surface area is 151 Å². The molecule has 0 saturated heterocycles. The fourth-order valence-electron chi connectivity index (χ4n) is 2.65. The quantitative estimate of drug-likeness (QED) is 0.824. The molecule has 108 valence electrons. The maximum atomic E-state index is 11.5. The van der Waals surface area contributed by atoms with Gasteiger partial charge in [-0.3, -0.25) is 5.32 Å². The number of rotatable bonds is 1. The third-order valence-corrected chi connectivity index (χ3v) is 3.78. The van der Waals surface area contributed by atoms with Crippen LogP contribution in [0.1, 0.15) is 25.1 Å². The third kappa shape index (κ3) is 2.66. The van der Waals surface area contributed by atoms with Gasteiger partial charge < -0.3 is 9.30 Å². The van der Waals surface area contributed by atoms with Crippen molar-refractivity contribution in [3.05, 3.63) is 41.6 Å². The van der Waals surface area contributed by atoms with Crippen LogP contribution in [0, 0.1) is 11.3 Å². The Bertz CT molecular complexity index is 787. The van der Waals surface area contributed by atoms with Gasteiger partial charge >= 0.3 is 35.7 Å². The van der Waals surface area contributed by atoms with Gasteiger partial charge in [-0.15, -0.1) is 0 Å². The molecule has 22 heavy (non-hydrogen) atoms. The van der Waals surface area contributed by atoms with Gasteiger partial charge in [0.1, 0.15) is 17.4 Å². The zero-order valence-corrected chi connectivity index (χ0v) is 12.1. The Balaban J connectivity index is 0.00000176. The van der Waals surface area contributed by atoms with E-state index < -0.39 is 11.7 Å². The summed E-state index contributed by atoms with van der Waals surface area (Å²) in [6, 6.07) is 11.6. The van der Waals surface area contributed by atoms with Crippen molar-refractivity contribution in [3.8, 4) is 17.3 Å². The molecule has 0 bridgehead atoms. The SMILES string of the molecule is Cn1c(C#N)ccc1-c1ccc2c(c1)C(C)(C)OC(=O)N2.[NaH]. The Morgan fingerprint density at radius 1 is 1.27 bits per heavy atom. The zero-order valence-electron chi connectivity index (χ0n) is 12.1. The normalized spacial score (nSPS) is 14.9. The fourth-order valence-corrected chi connectivity index (χ4v) is 2.65. The molecule has 3 rings (SSSR count). The molecule has 2 heterocycles. The maximum absolute atomic E-state index is 11.5. The molecule has 1 amide bonds. The zero-order chi connectivity index (χ0) is 15.2. The van der Waals surface area contributed by atoms with Crippen molar-refractivity contribution in [3.63, 3.8) is 0 Å². The second-order valence-electron chi connectivity index (χ2n) is 5.56. The number of aromatic nitrogens is 1. The Hall–Kier alpha value is -1.74. The topological polar surface area (TPSA) is 67.0 Å². The molecule has 1 aromatic carbocycles. The number of anilines is 1. The van der Waals surface area contributed by atoms with Gasteiger partial charge in [-0.1, -0.05) is 6.07 Å². The number of fused-ring (bicyclic) bond motifs is 1. The van der Waals surface area contributed by atoms with E-state index in [1.165, 1.54) is 0 Å². The number of cyclic esters (lactones) is 1. The summed E-state index contributed by atoms with van der Waals surface area (Å²) in [5.41, 5.74) is 3.52. The minimum absolute atomic E-state index is 0. The predicted octanol–water partition coefficient (Wildman–Crippen LogP) is 2.71. The van der Waals surface area contributed by atoms with Crippen LogP contribution in [0.15, 0.2) is 30.3 Å². The molecule has 5 nitrogen and oxygen atoms in total. The molecular weight excluding hydrogens is 289 g/mol. The number of nitrogens with zero attached hydrogens (tertiary/aromatic N) is 2. The summed E-state index contributed by atoms with van der Waals surface area (Å²) in [5, 5.41) is 11.7. The summed E-state index contributed by atoms with van der Waals surface area (Å²) in [6.07, 6.45) is -0.439. The molecule has 0 atom stereocenters. The van der Waals surface area contributed by atoms with Gasteiger partial charge in [0.2, 0.25) is 0 Å². The molecule has 2 aromatic rings. The van der Waals surface area contributed by atoms with Crippen molar-refractivity contribution in [2.75, 3.05) is 5.32 Å². The molecule has 0 spiro atoms. The van der Waals surface area contributed by atoms with Crippen LogP contribution in [-0.4, -0.2) is 40.2 Å². The van der Waals surface area contributed by atoms with Crippen molar-refractivity contribution in [2.24, 2.45) is 7.05 Å². The van der Waals surface area contributed by atoms with E-state index in [0.29, 0.717) is 5.69 Å². The molecule has 1 aliphatic rings. The number of carbonyl (C=O) groups is 1. The molecule has 1 aliphatic heterocycles. The van der Waals surface area contributed by atoms with Gasteiger partial charge in [0.05, 0.1) is 5.69 Å². The molecule has 1 N–H and O–H groups in total. The van der Waals surface area contributed by atoms with Crippen LogP contribution in [0.25, 0.3) is 11.3 Å². The van der Waals surface area contributed by atoms with Crippen molar-refractivity contribution in [2.45, 2.75) is 19.4 Å². The van der Waals surface area contributed by atoms with Crippen LogP contribution in [-0.2, 0) is 17.4 Å². The molecule has 6 heteroatoms. The van der Waals surface area contributed by atoms with Crippen molar-refractivity contribution < 1.29 is 9.53 Å². The number of hydrogen-bond donors (Lipinski definition) is 1. The van der Waals surface area contributed by atoms with E-state index in [-0.39, 0.29) is 29.6 Å². The Kier molecular flexibility index (Phi) is 4.39. The average molecular weight is 305 g/mol. The standard InChI is InChI=1S/C16H15N3O2.Na.H/c1-16(2)12-8-10(4-6-13(12)18-15(20)21-16)14-7-5-11(9-17)19(14)3;;/h4-8H,1-3H3,(H,18,20);;. The first-order valence-corrected chi connectivity index (χ1v) is 6.63. The predicted molar refractivity (Wildman–Crippen MR) is 85.8 cm³/mol. The summed E-state index contributed by atoms with van der Waals surface area (Å²) in [4.78, 5) is 11.5. The number of amides is 1. The Morgan fingerprint density at radius 3 is 2.64 bits per heavy atom. The van der Waals surface area contributed by atoms with Gasteiger partial charge in [-0.05, 0) is 43.7 Å². The number of benzene rings is 1. The second kappa shape index (κ2) is 5.81. The van der Waals surface area contributed by atoms with Gasteiger partial charge in [0.25, 0.3) is 0 Å². The van der Waals surface area contributed by atoms with E-state index in [0.717, 1.165) is 22.5 Å². The first-order chi connectivity index (χ1) is 9.92. The van der Waals surface area contributed by atoms with E-state index in [2.05, 4.69) is 11.4 Å². The van der Waals surface area contributed by atoms with Crippen LogP contribution < -0.4 is 5.32 Å². The van der Waals surface area contributed by atoms with Crippen LogP contribution in [0.2, 0.25) is 0 Å². The van der Waals surface area contributed by atoms with E-state index in [4.69, 9.17) is 10.00 Å². The fraction of sp³-hybridized carbons (Fsp3) is 0.250. The monoisotopic (exact) mass is 305 g/mol. The molecule has 0 unspecified atom stereocenters. The first kappa shape index (κ1) is 16.6. The number of hydrogen-bond acceptors (Lipinski definition) is 3.